The van der Waals surface area contributed by atoms with Crippen molar-refractivity contribution in [3.8, 4) is 5.75 Å². The second-order valence-electron chi connectivity index (χ2n) is 8.03. The highest BCUT2D eigenvalue weighted by atomic mass is 79.9. The predicted molar refractivity (Wildman–Crippen MR) is 111 cm³/mol. The average Bonchev–Trinajstić information content (AvgIpc) is 2.68. The quantitative estimate of drug-likeness (QED) is 0.567. The lowest BCUT2D eigenvalue weighted by Crippen LogP contribution is -2.50. The molecule has 4 nitrogen and oxygen atoms in total. The summed E-state index contributed by atoms with van der Waals surface area (Å²) < 4.78 is 26.3. The third-order valence-electron chi connectivity index (χ3n) is 5.09. The fraction of sp³-hybridized carbons (Fsp3) is 0.409. The highest BCUT2D eigenvalue weighted by molar-refractivity contribution is 9.10. The van der Waals surface area contributed by atoms with E-state index in [0.717, 1.165) is 5.56 Å². The van der Waals surface area contributed by atoms with E-state index in [9.17, 15) is 9.18 Å². The fourth-order valence-corrected chi connectivity index (χ4v) is 4.13. The first kappa shape index (κ1) is 20.6. The number of hydrogen-bond acceptors (Lipinski definition) is 3. The van der Waals surface area contributed by atoms with E-state index in [1.807, 2.05) is 30.3 Å². The summed E-state index contributed by atoms with van der Waals surface area (Å²) in [6, 6.07) is 10.9. The van der Waals surface area contributed by atoms with Crippen molar-refractivity contribution in [1.29, 1.82) is 0 Å². The topological polar surface area (TPSA) is 38.8 Å². The molecule has 0 radical (unpaired) electrons. The monoisotopic (exact) mass is 449 g/mol. The van der Waals surface area contributed by atoms with Crippen molar-refractivity contribution in [3.05, 3.63) is 57.8 Å². The highest BCUT2D eigenvalue weighted by Crippen LogP contribution is 2.46. The summed E-state index contributed by atoms with van der Waals surface area (Å²) in [7, 11) is 1.52. The molecule has 0 fully saturated rings. The molecule has 1 amide bonds. The molecule has 0 spiro atoms. The van der Waals surface area contributed by atoms with E-state index in [1.54, 1.807) is 11.0 Å². The van der Waals surface area contributed by atoms with Crippen molar-refractivity contribution in [2.24, 2.45) is 5.41 Å². The van der Waals surface area contributed by atoms with Crippen molar-refractivity contribution < 1.29 is 18.7 Å². The molecule has 1 unspecified atom stereocenters. The highest BCUT2D eigenvalue weighted by Gasteiger charge is 2.42. The van der Waals surface area contributed by atoms with Crippen molar-refractivity contribution in [1.82, 2.24) is 0 Å². The Morgan fingerprint density at radius 2 is 1.96 bits per heavy atom. The van der Waals surface area contributed by atoms with Gasteiger partial charge in [-0.25, -0.2) is 9.18 Å². The smallest absolute Gasteiger partial charge is 0.415 e. The van der Waals surface area contributed by atoms with Crippen LogP contribution in [0.15, 0.2) is 40.9 Å². The van der Waals surface area contributed by atoms with Crippen LogP contribution in [0.4, 0.5) is 14.9 Å². The molecule has 0 saturated heterocycles. The molecule has 0 saturated carbocycles. The Morgan fingerprint density at radius 3 is 2.57 bits per heavy atom. The molecule has 150 valence electrons. The van der Waals surface area contributed by atoms with Gasteiger partial charge in [-0.15, -0.1) is 0 Å². The van der Waals surface area contributed by atoms with Gasteiger partial charge in [-0.05, 0) is 45.8 Å². The summed E-state index contributed by atoms with van der Waals surface area (Å²) in [5, 5.41) is 0. The Kier molecular flexibility index (Phi) is 5.98. The number of hydrogen-bond donors (Lipinski definition) is 0. The van der Waals surface area contributed by atoms with Crippen LogP contribution in [-0.4, -0.2) is 19.2 Å². The Bertz CT molecular complexity index is 864. The van der Waals surface area contributed by atoms with Gasteiger partial charge in [-0.2, -0.15) is 0 Å². The van der Waals surface area contributed by atoms with Crippen molar-refractivity contribution in [2.45, 2.75) is 46.3 Å². The molecular formula is C22H25BrFNO3. The maximum atomic E-state index is 14.8. The molecule has 6 heteroatoms. The zero-order valence-electron chi connectivity index (χ0n) is 16.6. The molecule has 1 aliphatic rings. The molecule has 28 heavy (non-hydrogen) atoms. The van der Waals surface area contributed by atoms with Gasteiger partial charge in [0.25, 0.3) is 0 Å². The first-order valence-electron chi connectivity index (χ1n) is 9.28. The molecule has 1 atom stereocenters. The number of ether oxygens (including phenoxy) is 2. The lowest BCUT2D eigenvalue weighted by molar-refractivity contribution is 0.135. The van der Waals surface area contributed by atoms with Crippen molar-refractivity contribution in [3.63, 3.8) is 0 Å². The molecule has 0 aromatic heterocycles. The number of carbonyl (C=O) groups excluding carboxylic acids is 1. The van der Waals surface area contributed by atoms with Crippen LogP contribution in [0.3, 0.4) is 0 Å². The maximum absolute atomic E-state index is 14.8. The van der Waals surface area contributed by atoms with Crippen LogP contribution in [0.5, 0.6) is 5.75 Å². The minimum atomic E-state index is -0.496. The predicted octanol–water partition coefficient (Wildman–Crippen LogP) is 6.10. The Hall–Kier alpha value is -2.08. The number of fused-ring (bicyclic) bond motifs is 1. The second-order valence-corrected chi connectivity index (χ2v) is 8.89. The summed E-state index contributed by atoms with van der Waals surface area (Å²) in [5.41, 5.74) is 1.63. The summed E-state index contributed by atoms with van der Waals surface area (Å²) in [6.07, 6.45) is 0.680. The zero-order valence-corrected chi connectivity index (χ0v) is 18.2. The van der Waals surface area contributed by atoms with Gasteiger partial charge in [-0.1, -0.05) is 51.1 Å². The van der Waals surface area contributed by atoms with E-state index in [2.05, 4.69) is 36.7 Å². The van der Waals surface area contributed by atoms with Crippen LogP contribution in [0, 0.1) is 11.2 Å². The van der Waals surface area contributed by atoms with Gasteiger partial charge in [0, 0.05) is 11.6 Å². The number of halogens is 2. The van der Waals surface area contributed by atoms with Crippen LogP contribution in [0.1, 0.15) is 38.3 Å². The van der Waals surface area contributed by atoms with E-state index in [4.69, 9.17) is 9.47 Å². The van der Waals surface area contributed by atoms with E-state index in [-0.39, 0.29) is 23.9 Å². The van der Waals surface area contributed by atoms with Crippen molar-refractivity contribution in [2.75, 3.05) is 12.0 Å². The molecule has 0 bridgehead atoms. The van der Waals surface area contributed by atoms with Gasteiger partial charge in [-0.3, -0.25) is 4.90 Å². The minimum absolute atomic E-state index is 0.141. The van der Waals surface area contributed by atoms with Gasteiger partial charge in [0.15, 0.2) is 0 Å². The second kappa shape index (κ2) is 8.11. The van der Waals surface area contributed by atoms with Gasteiger partial charge in [0.1, 0.15) is 18.2 Å². The molecule has 0 aliphatic carbocycles. The number of benzene rings is 2. The summed E-state index contributed by atoms with van der Waals surface area (Å²) >= 11 is 3.25. The molecule has 2 aromatic rings. The SMILES string of the molecule is COc1cc(Br)c(F)c2c1N(C(=O)OCc1ccccc1)C(C(C)(C)C)CC2. The lowest BCUT2D eigenvalue weighted by atomic mass is 9.79. The standard InChI is InChI=1S/C22H25BrFNO3/c1-22(2,3)18-11-10-15-19(24)16(23)12-17(27-4)20(15)25(18)21(26)28-13-14-8-6-5-7-9-14/h5-9,12,18H,10-11,13H2,1-4H3. The number of carbonyl (C=O) groups is 1. The van der Waals surface area contributed by atoms with E-state index >= 15 is 0 Å². The van der Waals surface area contributed by atoms with E-state index < -0.39 is 6.09 Å². The fourth-order valence-electron chi connectivity index (χ4n) is 3.69. The minimum Gasteiger partial charge on any atom is -0.495 e. The molecule has 1 aliphatic heterocycles. The van der Waals surface area contributed by atoms with Crippen LogP contribution in [0.25, 0.3) is 0 Å². The molecule has 2 aromatic carbocycles. The Balaban J connectivity index is 2.02. The van der Waals surface area contributed by atoms with Gasteiger partial charge in [0.2, 0.25) is 0 Å². The van der Waals surface area contributed by atoms with Crippen LogP contribution in [0.2, 0.25) is 0 Å². The third kappa shape index (κ3) is 4.02. The summed E-state index contributed by atoms with van der Waals surface area (Å²) in [6.45, 7) is 6.37. The molecule has 3 rings (SSSR count). The van der Waals surface area contributed by atoms with Gasteiger partial charge < -0.3 is 9.47 Å². The Morgan fingerprint density at radius 1 is 1.29 bits per heavy atom. The average molecular weight is 450 g/mol. The van der Waals surface area contributed by atoms with Crippen LogP contribution < -0.4 is 9.64 Å². The molecular weight excluding hydrogens is 425 g/mol. The summed E-state index contributed by atoms with van der Waals surface area (Å²) in [5.74, 6) is 0.0953. The van der Waals surface area contributed by atoms with Crippen molar-refractivity contribution >= 4 is 27.7 Å². The molecule has 0 N–H and O–H groups in total. The number of anilines is 1. The Labute approximate surface area is 173 Å². The number of methoxy groups -OCH3 is 1. The summed E-state index contributed by atoms with van der Waals surface area (Å²) in [4.78, 5) is 14.7. The van der Waals surface area contributed by atoms with Crippen LogP contribution in [-0.2, 0) is 17.8 Å². The largest absolute Gasteiger partial charge is 0.495 e. The normalized spacial score (nSPS) is 16.5. The lowest BCUT2D eigenvalue weighted by Gasteiger charge is -2.43. The van der Waals surface area contributed by atoms with Gasteiger partial charge in [0.05, 0.1) is 17.3 Å². The van der Waals surface area contributed by atoms with E-state index in [1.165, 1.54) is 7.11 Å². The van der Waals surface area contributed by atoms with E-state index in [0.29, 0.717) is 34.3 Å². The number of amides is 1. The molecule has 1 heterocycles. The van der Waals surface area contributed by atoms with Crippen LogP contribution >= 0.6 is 15.9 Å². The number of rotatable bonds is 3. The van der Waals surface area contributed by atoms with Gasteiger partial charge >= 0.3 is 6.09 Å². The number of nitrogens with zero attached hydrogens (tertiary/aromatic N) is 1. The first-order chi connectivity index (χ1) is 13.2. The third-order valence-corrected chi connectivity index (χ3v) is 5.67. The maximum Gasteiger partial charge on any atom is 0.415 e. The first-order valence-corrected chi connectivity index (χ1v) is 10.1. The zero-order chi connectivity index (χ0) is 20.5.